The van der Waals surface area contributed by atoms with Crippen molar-refractivity contribution in [3.05, 3.63) is 77.7 Å². The highest BCUT2D eigenvalue weighted by molar-refractivity contribution is 7.13. The fourth-order valence-corrected chi connectivity index (χ4v) is 3.46. The molecule has 4 aromatic rings. The number of benzene rings is 1. The third-order valence-corrected chi connectivity index (χ3v) is 4.93. The van der Waals surface area contributed by atoms with Gasteiger partial charge >= 0.3 is 0 Å². The van der Waals surface area contributed by atoms with Gasteiger partial charge in [-0.1, -0.05) is 19.1 Å². The molecule has 0 aliphatic heterocycles. The van der Waals surface area contributed by atoms with Crippen molar-refractivity contribution in [1.29, 1.82) is 0 Å². The maximum atomic E-state index is 14.1. The highest BCUT2D eigenvalue weighted by Crippen LogP contribution is 2.36. The number of para-hydroxylation sites is 1. The number of aromatic nitrogens is 3. The number of ether oxygens (including phenoxy) is 1. The minimum absolute atomic E-state index is 0.242. The van der Waals surface area contributed by atoms with Gasteiger partial charge in [0.15, 0.2) is 22.5 Å². The van der Waals surface area contributed by atoms with E-state index in [9.17, 15) is 8.78 Å². The highest BCUT2D eigenvalue weighted by atomic mass is 32.1. The Bertz CT molecular complexity index is 1110. The summed E-state index contributed by atoms with van der Waals surface area (Å²) in [6.45, 7) is 2.02. The molecule has 0 unspecified atom stereocenters. The predicted octanol–water partition coefficient (Wildman–Crippen LogP) is 5.98. The zero-order chi connectivity index (χ0) is 20.2. The van der Waals surface area contributed by atoms with Gasteiger partial charge < -0.3 is 10.1 Å². The zero-order valence-electron chi connectivity index (χ0n) is 15.4. The number of hydrogen-bond donors (Lipinski definition) is 1. The molecule has 0 fully saturated rings. The largest absolute Gasteiger partial charge is 0.450 e. The number of rotatable bonds is 6. The molecular weight excluding hydrogens is 394 g/mol. The normalized spacial score (nSPS) is 10.7. The highest BCUT2D eigenvalue weighted by Gasteiger charge is 2.16. The van der Waals surface area contributed by atoms with E-state index >= 15 is 0 Å². The molecule has 0 saturated carbocycles. The van der Waals surface area contributed by atoms with Gasteiger partial charge in [0.2, 0.25) is 0 Å². The lowest BCUT2D eigenvalue weighted by atomic mass is 10.1. The summed E-state index contributed by atoms with van der Waals surface area (Å²) < 4.78 is 33.9. The molecule has 4 rings (SSSR count). The fraction of sp³-hybridized carbons (Fsp3) is 0.0952. The Hall–Kier alpha value is -3.39. The Kier molecular flexibility index (Phi) is 5.44. The van der Waals surface area contributed by atoms with Crippen molar-refractivity contribution in [3.63, 3.8) is 0 Å². The van der Waals surface area contributed by atoms with Crippen molar-refractivity contribution in [3.8, 4) is 22.6 Å². The van der Waals surface area contributed by atoms with Crippen LogP contribution in [0.4, 0.5) is 19.7 Å². The predicted molar refractivity (Wildman–Crippen MR) is 109 cm³/mol. The van der Waals surface area contributed by atoms with Crippen molar-refractivity contribution >= 4 is 22.3 Å². The first-order chi connectivity index (χ1) is 14.1. The molecule has 3 aromatic heterocycles. The van der Waals surface area contributed by atoms with Crippen molar-refractivity contribution in [2.24, 2.45) is 0 Å². The summed E-state index contributed by atoms with van der Waals surface area (Å²) in [5.41, 5.74) is 2.23. The van der Waals surface area contributed by atoms with E-state index < -0.39 is 17.4 Å². The molecule has 0 spiro atoms. The fourth-order valence-electron chi connectivity index (χ4n) is 2.65. The Morgan fingerprint density at radius 1 is 1.10 bits per heavy atom. The Morgan fingerprint density at radius 3 is 2.62 bits per heavy atom. The van der Waals surface area contributed by atoms with Crippen molar-refractivity contribution in [2.45, 2.75) is 13.3 Å². The maximum absolute atomic E-state index is 14.1. The van der Waals surface area contributed by atoms with Crippen LogP contribution in [0.15, 0.2) is 60.4 Å². The topological polar surface area (TPSA) is 59.9 Å². The lowest BCUT2D eigenvalue weighted by molar-refractivity contribution is 0.408. The number of halogens is 2. The molecular formula is C21H16F2N4OS. The molecule has 0 aliphatic rings. The van der Waals surface area contributed by atoms with E-state index in [1.54, 1.807) is 30.7 Å². The minimum atomic E-state index is -0.791. The van der Waals surface area contributed by atoms with E-state index in [0.29, 0.717) is 22.1 Å². The number of nitrogens with one attached hydrogen (secondary N) is 1. The smallest absolute Gasteiger partial charge is 0.198 e. The number of thiazole rings is 1. The zero-order valence-corrected chi connectivity index (χ0v) is 16.2. The SMILES string of the molecule is CCc1csc(Nc2cc(Oc3c(F)cccc3F)c(-c3cccnc3)cn2)n1. The van der Waals surface area contributed by atoms with Crippen LogP contribution in [0.3, 0.4) is 0 Å². The molecule has 5 nitrogen and oxygen atoms in total. The van der Waals surface area contributed by atoms with Crippen LogP contribution in [-0.4, -0.2) is 15.0 Å². The summed E-state index contributed by atoms with van der Waals surface area (Å²) in [5, 5.41) is 5.74. The Labute approximate surface area is 170 Å². The molecule has 29 heavy (non-hydrogen) atoms. The van der Waals surface area contributed by atoms with Crippen LogP contribution < -0.4 is 10.1 Å². The molecule has 0 atom stereocenters. The number of anilines is 2. The van der Waals surface area contributed by atoms with Crippen LogP contribution in [0.2, 0.25) is 0 Å². The van der Waals surface area contributed by atoms with Gasteiger partial charge in [-0.3, -0.25) is 4.98 Å². The summed E-state index contributed by atoms with van der Waals surface area (Å²) in [7, 11) is 0. The minimum Gasteiger partial charge on any atom is -0.450 e. The molecule has 1 N–H and O–H groups in total. The summed E-state index contributed by atoms with van der Waals surface area (Å²) in [4.78, 5) is 12.9. The second-order valence-corrected chi connectivity index (χ2v) is 6.94. The van der Waals surface area contributed by atoms with Gasteiger partial charge in [0.05, 0.1) is 5.69 Å². The first-order valence-electron chi connectivity index (χ1n) is 8.87. The second-order valence-electron chi connectivity index (χ2n) is 6.08. The molecule has 0 aliphatic carbocycles. The number of aryl methyl sites for hydroxylation is 1. The maximum Gasteiger partial charge on any atom is 0.198 e. The van der Waals surface area contributed by atoms with Crippen LogP contribution >= 0.6 is 11.3 Å². The number of pyridine rings is 2. The number of hydrogen-bond acceptors (Lipinski definition) is 6. The molecule has 0 saturated heterocycles. The Balaban J connectivity index is 1.74. The quantitative estimate of drug-likeness (QED) is 0.424. The lowest BCUT2D eigenvalue weighted by Crippen LogP contribution is -1.98. The van der Waals surface area contributed by atoms with E-state index in [-0.39, 0.29) is 5.75 Å². The molecule has 0 bridgehead atoms. The van der Waals surface area contributed by atoms with E-state index in [1.165, 1.54) is 17.4 Å². The second kappa shape index (κ2) is 8.32. The summed E-state index contributed by atoms with van der Waals surface area (Å²) in [6.07, 6.45) is 5.66. The molecule has 0 amide bonds. The van der Waals surface area contributed by atoms with Gasteiger partial charge in [-0.05, 0) is 24.6 Å². The van der Waals surface area contributed by atoms with Crippen LogP contribution in [0.25, 0.3) is 11.1 Å². The molecule has 0 radical (unpaired) electrons. The standard InChI is InChI=1S/C21H16F2N4OS/c1-2-14-12-29-21(26-14)27-19-9-18(28-20-16(22)6-3-7-17(20)23)15(11-25-19)13-5-4-8-24-10-13/h3-12H,2H2,1H3,(H,25,26,27). The van der Waals surface area contributed by atoms with Crippen molar-refractivity contribution in [2.75, 3.05) is 5.32 Å². The monoisotopic (exact) mass is 410 g/mol. The first-order valence-corrected chi connectivity index (χ1v) is 9.75. The van der Waals surface area contributed by atoms with Gasteiger partial charge in [-0.25, -0.2) is 18.7 Å². The third kappa shape index (κ3) is 4.22. The summed E-state index contributed by atoms with van der Waals surface area (Å²) in [6, 6.07) is 8.73. The van der Waals surface area contributed by atoms with Crippen molar-refractivity contribution in [1.82, 2.24) is 15.0 Å². The Morgan fingerprint density at radius 2 is 1.93 bits per heavy atom. The van der Waals surface area contributed by atoms with E-state index in [1.807, 2.05) is 18.4 Å². The van der Waals surface area contributed by atoms with Crippen LogP contribution in [0.1, 0.15) is 12.6 Å². The molecule has 146 valence electrons. The average molecular weight is 410 g/mol. The van der Waals surface area contributed by atoms with E-state index in [4.69, 9.17) is 4.74 Å². The third-order valence-electron chi connectivity index (χ3n) is 4.12. The van der Waals surface area contributed by atoms with Gasteiger partial charge in [-0.15, -0.1) is 11.3 Å². The summed E-state index contributed by atoms with van der Waals surface area (Å²) in [5.74, 6) is -1.37. The first kappa shape index (κ1) is 18.9. The molecule has 3 heterocycles. The van der Waals surface area contributed by atoms with Gasteiger partial charge in [-0.2, -0.15) is 0 Å². The average Bonchev–Trinajstić information content (AvgIpc) is 3.19. The van der Waals surface area contributed by atoms with E-state index in [2.05, 4.69) is 20.3 Å². The summed E-state index contributed by atoms with van der Waals surface area (Å²) >= 11 is 1.45. The van der Waals surface area contributed by atoms with Gasteiger partial charge in [0.1, 0.15) is 11.6 Å². The van der Waals surface area contributed by atoms with Gasteiger partial charge in [0.25, 0.3) is 0 Å². The van der Waals surface area contributed by atoms with Crippen LogP contribution in [-0.2, 0) is 6.42 Å². The lowest BCUT2D eigenvalue weighted by Gasteiger charge is -2.14. The molecule has 8 heteroatoms. The van der Waals surface area contributed by atoms with Crippen molar-refractivity contribution < 1.29 is 13.5 Å². The van der Waals surface area contributed by atoms with Crippen LogP contribution in [0, 0.1) is 11.6 Å². The van der Waals surface area contributed by atoms with E-state index in [0.717, 1.165) is 24.2 Å². The number of nitrogens with zero attached hydrogens (tertiary/aromatic N) is 3. The molecule has 1 aromatic carbocycles. The van der Waals surface area contributed by atoms with Gasteiger partial charge in [0, 0.05) is 41.2 Å². The van der Waals surface area contributed by atoms with Crippen LogP contribution in [0.5, 0.6) is 11.5 Å².